The Hall–Kier alpha value is -0.770. The third-order valence-corrected chi connectivity index (χ3v) is 8.92. The molecule has 0 saturated carbocycles. The van der Waals surface area contributed by atoms with Gasteiger partial charge < -0.3 is 5.32 Å². The number of sulfonamides is 1. The Morgan fingerprint density at radius 3 is 2.67 bits per heavy atom. The zero-order valence-electron chi connectivity index (χ0n) is 14.3. The SMILES string of the molecule is O=C(NCCc1cccc(Cl)c1Cl)c1sccc1S(=O)(=O)N1CCSCC1. The van der Waals surface area contributed by atoms with Gasteiger partial charge in [-0.25, -0.2) is 8.42 Å². The molecule has 1 N–H and O–H groups in total. The standard InChI is InChI=1S/C17H18Cl2N2O3S3/c18-13-3-1-2-12(15(13)19)4-6-20-17(22)16-14(5-9-26-16)27(23,24)21-7-10-25-11-8-21/h1-3,5,9H,4,6-8,10-11H2,(H,20,22). The van der Waals surface area contributed by atoms with Crippen LogP contribution in [0.1, 0.15) is 15.2 Å². The maximum atomic E-state index is 12.9. The molecule has 2 aromatic rings. The Bertz CT molecular complexity index is 925. The van der Waals surface area contributed by atoms with Crippen LogP contribution in [-0.2, 0) is 16.4 Å². The minimum atomic E-state index is -3.65. The molecule has 0 spiro atoms. The van der Waals surface area contributed by atoms with Crippen LogP contribution in [0.5, 0.6) is 0 Å². The van der Waals surface area contributed by atoms with Crippen LogP contribution in [0, 0.1) is 0 Å². The predicted molar refractivity (Wildman–Crippen MR) is 113 cm³/mol. The lowest BCUT2D eigenvalue weighted by molar-refractivity contribution is 0.0955. The zero-order valence-corrected chi connectivity index (χ0v) is 18.2. The first-order chi connectivity index (χ1) is 12.9. The molecule has 0 bridgehead atoms. The van der Waals surface area contributed by atoms with Gasteiger partial charge in [0.25, 0.3) is 5.91 Å². The number of thiophene rings is 1. The van der Waals surface area contributed by atoms with Gasteiger partial charge in [-0.3, -0.25) is 4.79 Å². The summed E-state index contributed by atoms with van der Waals surface area (Å²) in [5.41, 5.74) is 0.828. The summed E-state index contributed by atoms with van der Waals surface area (Å²) >= 11 is 15.0. The van der Waals surface area contributed by atoms with Crippen molar-refractivity contribution in [1.29, 1.82) is 0 Å². The van der Waals surface area contributed by atoms with Crippen molar-refractivity contribution in [3.05, 3.63) is 50.1 Å². The Morgan fingerprint density at radius 2 is 1.93 bits per heavy atom. The van der Waals surface area contributed by atoms with Crippen molar-refractivity contribution in [2.45, 2.75) is 11.3 Å². The molecule has 0 radical (unpaired) electrons. The fraction of sp³-hybridized carbons (Fsp3) is 0.353. The van der Waals surface area contributed by atoms with E-state index in [0.29, 0.717) is 36.1 Å². The summed E-state index contributed by atoms with van der Waals surface area (Å²) in [5.74, 6) is 1.14. The van der Waals surface area contributed by atoms with Crippen molar-refractivity contribution in [3.63, 3.8) is 0 Å². The van der Waals surface area contributed by atoms with Crippen LogP contribution in [0.4, 0.5) is 0 Å². The molecule has 0 atom stereocenters. The van der Waals surface area contributed by atoms with Crippen molar-refractivity contribution in [2.75, 3.05) is 31.1 Å². The van der Waals surface area contributed by atoms with E-state index in [1.165, 1.54) is 10.4 Å². The van der Waals surface area contributed by atoms with E-state index in [4.69, 9.17) is 23.2 Å². The van der Waals surface area contributed by atoms with E-state index in [2.05, 4.69) is 5.32 Å². The highest BCUT2D eigenvalue weighted by Gasteiger charge is 2.31. The highest BCUT2D eigenvalue weighted by molar-refractivity contribution is 7.99. The van der Waals surface area contributed by atoms with E-state index in [-0.39, 0.29) is 9.77 Å². The maximum Gasteiger partial charge on any atom is 0.262 e. The van der Waals surface area contributed by atoms with E-state index in [9.17, 15) is 13.2 Å². The van der Waals surface area contributed by atoms with Gasteiger partial charge in [0.05, 0.1) is 10.0 Å². The number of nitrogens with one attached hydrogen (secondary N) is 1. The summed E-state index contributed by atoms with van der Waals surface area (Å²) in [6.45, 7) is 1.27. The van der Waals surface area contributed by atoms with E-state index < -0.39 is 15.9 Å². The third kappa shape index (κ3) is 4.81. The number of hydrogen-bond acceptors (Lipinski definition) is 5. The first kappa shape index (κ1) is 21.0. The first-order valence-electron chi connectivity index (χ1n) is 8.27. The van der Waals surface area contributed by atoms with Crippen LogP contribution < -0.4 is 5.32 Å². The number of hydrogen-bond donors (Lipinski definition) is 1. The molecule has 10 heteroatoms. The van der Waals surface area contributed by atoms with Crippen molar-refractivity contribution in [2.24, 2.45) is 0 Å². The van der Waals surface area contributed by atoms with Gasteiger partial charge in [-0.05, 0) is 29.5 Å². The summed E-state index contributed by atoms with van der Waals surface area (Å²) in [7, 11) is -3.65. The molecule has 1 aromatic heterocycles. The average molecular weight is 465 g/mol. The lowest BCUT2D eigenvalue weighted by Gasteiger charge is -2.25. The topological polar surface area (TPSA) is 66.5 Å². The second-order valence-corrected chi connectivity index (χ2v) is 10.7. The van der Waals surface area contributed by atoms with Crippen LogP contribution in [0.3, 0.4) is 0 Å². The summed E-state index contributed by atoms with van der Waals surface area (Å²) < 4.78 is 27.2. The van der Waals surface area contributed by atoms with Crippen molar-refractivity contribution >= 4 is 62.2 Å². The van der Waals surface area contributed by atoms with Crippen molar-refractivity contribution in [1.82, 2.24) is 9.62 Å². The van der Waals surface area contributed by atoms with E-state index in [1.54, 1.807) is 29.3 Å². The summed E-state index contributed by atoms with van der Waals surface area (Å²) in [5, 5.41) is 5.34. The summed E-state index contributed by atoms with van der Waals surface area (Å²) in [6, 6.07) is 6.85. The smallest absolute Gasteiger partial charge is 0.262 e. The molecule has 146 valence electrons. The molecule has 1 aliphatic heterocycles. The van der Waals surface area contributed by atoms with Gasteiger partial charge >= 0.3 is 0 Å². The van der Waals surface area contributed by atoms with Crippen molar-refractivity contribution < 1.29 is 13.2 Å². The first-order valence-corrected chi connectivity index (χ1v) is 12.5. The van der Waals surface area contributed by atoms with Gasteiger partial charge in [-0.1, -0.05) is 35.3 Å². The monoisotopic (exact) mass is 464 g/mol. The molecule has 0 unspecified atom stereocenters. The van der Waals surface area contributed by atoms with Crippen LogP contribution >= 0.6 is 46.3 Å². The average Bonchev–Trinajstić information content (AvgIpc) is 3.17. The molecule has 5 nitrogen and oxygen atoms in total. The number of carbonyl (C=O) groups excluding carboxylic acids is 1. The van der Waals surface area contributed by atoms with Gasteiger partial charge in [0.1, 0.15) is 9.77 Å². The Kier molecular flexibility index (Phi) is 7.10. The third-order valence-electron chi connectivity index (χ3n) is 4.13. The summed E-state index contributed by atoms with van der Waals surface area (Å²) in [4.78, 5) is 12.8. The fourth-order valence-corrected chi connectivity index (χ4v) is 7.03. The molecule has 3 rings (SSSR count). The van der Waals surface area contributed by atoms with Gasteiger partial charge in [-0.2, -0.15) is 16.1 Å². The predicted octanol–water partition coefficient (Wildman–Crippen LogP) is 3.76. The molecule has 1 aromatic carbocycles. The number of carbonyl (C=O) groups is 1. The number of rotatable bonds is 6. The highest BCUT2D eigenvalue weighted by Crippen LogP contribution is 2.28. The number of benzene rings is 1. The minimum Gasteiger partial charge on any atom is -0.351 e. The van der Waals surface area contributed by atoms with E-state index in [1.807, 2.05) is 6.07 Å². The van der Waals surface area contributed by atoms with Crippen LogP contribution in [-0.4, -0.2) is 49.8 Å². The van der Waals surface area contributed by atoms with Crippen LogP contribution in [0.15, 0.2) is 34.5 Å². The van der Waals surface area contributed by atoms with E-state index in [0.717, 1.165) is 28.4 Å². The highest BCUT2D eigenvalue weighted by atomic mass is 35.5. The molecular weight excluding hydrogens is 447 g/mol. The van der Waals surface area contributed by atoms with Gasteiger partial charge in [0.2, 0.25) is 10.0 Å². The molecule has 2 heterocycles. The zero-order chi connectivity index (χ0) is 19.4. The second kappa shape index (κ2) is 9.15. The van der Waals surface area contributed by atoms with Gasteiger partial charge in [0.15, 0.2) is 0 Å². The minimum absolute atomic E-state index is 0.0812. The Morgan fingerprint density at radius 1 is 1.19 bits per heavy atom. The van der Waals surface area contributed by atoms with Gasteiger partial charge in [-0.15, -0.1) is 11.3 Å². The molecule has 27 heavy (non-hydrogen) atoms. The lowest BCUT2D eigenvalue weighted by atomic mass is 10.1. The number of nitrogens with zero attached hydrogens (tertiary/aromatic N) is 1. The normalized spacial score (nSPS) is 15.6. The molecular formula is C17H18Cl2N2O3S3. The second-order valence-electron chi connectivity index (χ2n) is 5.85. The number of thioether (sulfide) groups is 1. The van der Waals surface area contributed by atoms with Crippen LogP contribution in [0.25, 0.3) is 0 Å². The summed E-state index contributed by atoms with van der Waals surface area (Å²) in [6.07, 6.45) is 0.502. The maximum absolute atomic E-state index is 12.9. The Balaban J connectivity index is 1.68. The largest absolute Gasteiger partial charge is 0.351 e. The quantitative estimate of drug-likeness (QED) is 0.706. The van der Waals surface area contributed by atoms with Gasteiger partial charge in [0, 0.05) is 31.1 Å². The molecule has 1 aliphatic rings. The molecule has 1 saturated heterocycles. The van der Waals surface area contributed by atoms with Crippen molar-refractivity contribution in [3.8, 4) is 0 Å². The number of amides is 1. The molecule has 0 aliphatic carbocycles. The lowest BCUT2D eigenvalue weighted by Crippen LogP contribution is -2.38. The van der Waals surface area contributed by atoms with Crippen LogP contribution in [0.2, 0.25) is 10.0 Å². The molecule has 1 fully saturated rings. The Labute approximate surface area is 177 Å². The molecule has 1 amide bonds. The number of halogens is 2. The van der Waals surface area contributed by atoms with E-state index >= 15 is 0 Å². The fourth-order valence-electron chi connectivity index (χ4n) is 2.72.